The summed E-state index contributed by atoms with van der Waals surface area (Å²) < 4.78 is 5.21. The highest BCUT2D eigenvalue weighted by molar-refractivity contribution is 8.18. The van der Waals surface area contributed by atoms with Crippen molar-refractivity contribution in [1.82, 2.24) is 0 Å². The van der Waals surface area contributed by atoms with E-state index in [9.17, 15) is 9.90 Å². The molecule has 0 saturated carbocycles. The third-order valence-electron chi connectivity index (χ3n) is 5.07. The Kier molecular flexibility index (Phi) is 6.32. The third-order valence-corrected chi connectivity index (χ3v) is 6.09. The highest BCUT2D eigenvalue weighted by Gasteiger charge is 2.33. The molecule has 3 aromatic carbocycles. The Bertz CT molecular complexity index is 1250. The Morgan fingerprint density at radius 1 is 1.06 bits per heavy atom. The van der Waals surface area contributed by atoms with E-state index in [1.807, 2.05) is 91.8 Å². The average Bonchev–Trinajstić information content (AvgIpc) is 3.09. The van der Waals surface area contributed by atoms with Crippen LogP contribution in [0.15, 0.2) is 88.0 Å². The van der Waals surface area contributed by atoms with Crippen LogP contribution in [0.4, 0.5) is 11.4 Å². The minimum Gasteiger partial charge on any atom is -0.506 e. The number of aliphatic hydroxyl groups is 1. The zero-order valence-corrected chi connectivity index (χ0v) is 19.0. The summed E-state index contributed by atoms with van der Waals surface area (Å²) in [5, 5.41) is 13.4. The molecular weight excluding hydrogens is 420 g/mol. The summed E-state index contributed by atoms with van der Waals surface area (Å²) in [7, 11) is 3.97. The van der Waals surface area contributed by atoms with Crippen molar-refractivity contribution in [3.8, 4) is 0 Å². The SMILES string of the molecule is CCOC(=O)C1=C(O)/C(=C\c2ccc(N(C)C)cc2)SC1=Nc1cccc2ccccc12. The predicted octanol–water partition coefficient (Wildman–Crippen LogP) is 6.10. The van der Waals surface area contributed by atoms with Gasteiger partial charge in [0.1, 0.15) is 16.4 Å². The highest BCUT2D eigenvalue weighted by atomic mass is 32.2. The molecule has 4 rings (SSSR count). The number of thioether (sulfide) groups is 1. The van der Waals surface area contributed by atoms with Crippen molar-refractivity contribution < 1.29 is 14.6 Å². The normalized spacial score (nSPS) is 16.2. The summed E-state index contributed by atoms with van der Waals surface area (Å²) in [5.74, 6) is -0.688. The van der Waals surface area contributed by atoms with Crippen LogP contribution < -0.4 is 4.90 Å². The molecule has 32 heavy (non-hydrogen) atoms. The van der Waals surface area contributed by atoms with Crippen LogP contribution in [0.2, 0.25) is 0 Å². The molecule has 5 nitrogen and oxygen atoms in total. The average molecular weight is 445 g/mol. The van der Waals surface area contributed by atoms with Gasteiger partial charge in [0.05, 0.1) is 17.2 Å². The van der Waals surface area contributed by atoms with Gasteiger partial charge in [-0.05, 0) is 42.1 Å². The van der Waals surface area contributed by atoms with Crippen molar-refractivity contribution in [1.29, 1.82) is 0 Å². The summed E-state index contributed by atoms with van der Waals surface area (Å²) in [4.78, 5) is 20.0. The molecule has 6 heteroatoms. The first kappa shape index (κ1) is 21.7. The molecule has 0 amide bonds. The zero-order chi connectivity index (χ0) is 22.7. The molecule has 1 heterocycles. The molecule has 1 N–H and O–H groups in total. The molecule has 0 spiro atoms. The van der Waals surface area contributed by atoms with Crippen molar-refractivity contribution in [3.63, 3.8) is 0 Å². The van der Waals surface area contributed by atoms with Crippen LogP contribution >= 0.6 is 11.8 Å². The molecule has 1 aliphatic rings. The predicted molar refractivity (Wildman–Crippen MR) is 134 cm³/mol. The lowest BCUT2D eigenvalue weighted by atomic mass is 10.1. The number of fused-ring (bicyclic) bond motifs is 1. The molecule has 0 unspecified atom stereocenters. The van der Waals surface area contributed by atoms with Crippen molar-refractivity contribution in [2.75, 3.05) is 25.6 Å². The number of carbonyl (C=O) groups excluding carboxylic acids is 1. The van der Waals surface area contributed by atoms with Crippen molar-refractivity contribution in [2.24, 2.45) is 4.99 Å². The molecule has 0 saturated heterocycles. The maximum Gasteiger partial charge on any atom is 0.344 e. The van der Waals surface area contributed by atoms with Crippen molar-refractivity contribution >= 4 is 51.0 Å². The zero-order valence-electron chi connectivity index (χ0n) is 18.2. The number of aliphatic imine (C=N–C) groups is 1. The topological polar surface area (TPSA) is 62.1 Å². The Hall–Kier alpha value is -3.51. The Labute approximate surface area is 191 Å². The molecule has 0 radical (unpaired) electrons. The number of nitrogens with zero attached hydrogens (tertiary/aromatic N) is 2. The van der Waals surface area contributed by atoms with E-state index in [2.05, 4.69) is 0 Å². The smallest absolute Gasteiger partial charge is 0.344 e. The molecular formula is C26H24N2O3S. The summed E-state index contributed by atoms with van der Waals surface area (Å²) in [6.07, 6.45) is 1.85. The van der Waals surface area contributed by atoms with Crippen LogP contribution in [-0.2, 0) is 9.53 Å². The van der Waals surface area contributed by atoms with Crippen LogP contribution in [-0.4, -0.2) is 36.8 Å². The minimum atomic E-state index is -0.581. The number of benzene rings is 3. The molecule has 1 aliphatic heterocycles. The first-order chi connectivity index (χ1) is 15.5. The van der Waals surface area contributed by atoms with Gasteiger partial charge in [0.15, 0.2) is 0 Å². The van der Waals surface area contributed by atoms with E-state index in [1.54, 1.807) is 6.92 Å². The first-order valence-corrected chi connectivity index (χ1v) is 11.1. The number of rotatable bonds is 5. The fourth-order valence-corrected chi connectivity index (χ4v) is 4.46. The third kappa shape index (κ3) is 4.41. The van der Waals surface area contributed by atoms with Gasteiger partial charge in [0, 0.05) is 25.2 Å². The lowest BCUT2D eigenvalue weighted by molar-refractivity contribution is -0.138. The van der Waals surface area contributed by atoms with Gasteiger partial charge in [-0.15, -0.1) is 0 Å². The van der Waals surface area contributed by atoms with Crippen LogP contribution in [0.3, 0.4) is 0 Å². The van der Waals surface area contributed by atoms with Crippen LogP contribution in [0.1, 0.15) is 12.5 Å². The number of hydrogen-bond donors (Lipinski definition) is 1. The molecule has 0 bridgehead atoms. The molecule has 162 valence electrons. The maximum atomic E-state index is 12.7. The fourth-order valence-electron chi connectivity index (χ4n) is 3.43. The number of carbonyl (C=O) groups is 1. The van der Waals surface area contributed by atoms with E-state index >= 15 is 0 Å². The Balaban J connectivity index is 1.77. The van der Waals surface area contributed by atoms with Crippen LogP contribution in [0, 0.1) is 0 Å². The molecule has 0 atom stereocenters. The number of aliphatic hydroxyl groups excluding tert-OH is 1. The van der Waals surface area contributed by atoms with Gasteiger partial charge in [-0.3, -0.25) is 0 Å². The summed E-state index contributed by atoms with van der Waals surface area (Å²) >= 11 is 1.27. The van der Waals surface area contributed by atoms with E-state index in [4.69, 9.17) is 9.73 Å². The van der Waals surface area contributed by atoms with Gasteiger partial charge < -0.3 is 14.7 Å². The van der Waals surface area contributed by atoms with Crippen LogP contribution in [0.25, 0.3) is 16.8 Å². The molecule has 0 aromatic heterocycles. The highest BCUT2D eigenvalue weighted by Crippen LogP contribution is 2.41. The van der Waals surface area contributed by atoms with Gasteiger partial charge in [0.2, 0.25) is 0 Å². The lowest BCUT2D eigenvalue weighted by Gasteiger charge is -2.11. The maximum absolute atomic E-state index is 12.7. The fraction of sp³-hybridized carbons (Fsp3) is 0.154. The van der Waals surface area contributed by atoms with Gasteiger partial charge in [-0.2, -0.15) is 0 Å². The number of ether oxygens (including phenoxy) is 1. The number of hydrogen-bond acceptors (Lipinski definition) is 6. The second-order valence-electron chi connectivity index (χ2n) is 7.46. The van der Waals surface area contributed by atoms with E-state index in [0.29, 0.717) is 9.95 Å². The van der Waals surface area contributed by atoms with Gasteiger partial charge in [-0.25, -0.2) is 9.79 Å². The van der Waals surface area contributed by atoms with Crippen LogP contribution in [0.5, 0.6) is 0 Å². The van der Waals surface area contributed by atoms with E-state index in [1.165, 1.54) is 11.8 Å². The molecule has 3 aromatic rings. The quantitative estimate of drug-likeness (QED) is 0.482. The van der Waals surface area contributed by atoms with Gasteiger partial charge in [0.25, 0.3) is 0 Å². The van der Waals surface area contributed by atoms with Gasteiger partial charge >= 0.3 is 5.97 Å². The summed E-state index contributed by atoms with van der Waals surface area (Å²) in [5.41, 5.74) is 2.83. The summed E-state index contributed by atoms with van der Waals surface area (Å²) in [6, 6.07) is 21.7. The van der Waals surface area contributed by atoms with E-state index < -0.39 is 5.97 Å². The Morgan fingerprint density at radius 3 is 2.50 bits per heavy atom. The minimum absolute atomic E-state index is 0.0981. The second kappa shape index (κ2) is 9.32. The monoisotopic (exact) mass is 444 g/mol. The van der Waals surface area contributed by atoms with E-state index in [-0.39, 0.29) is 17.9 Å². The van der Waals surface area contributed by atoms with Gasteiger partial charge in [-0.1, -0.05) is 60.3 Å². The standard InChI is InChI=1S/C26H24N2O3S/c1-4-31-26(30)23-24(29)22(16-17-12-14-19(15-13-17)28(2)3)32-25(23)27-21-11-7-9-18-8-5-6-10-20(18)21/h5-16,29H,4H2,1-3H3/b22-16+,27-25?. The molecule has 0 aliphatic carbocycles. The van der Waals surface area contributed by atoms with Crippen molar-refractivity contribution in [2.45, 2.75) is 6.92 Å². The number of anilines is 1. The van der Waals surface area contributed by atoms with Crippen molar-refractivity contribution in [3.05, 3.63) is 88.5 Å². The second-order valence-corrected chi connectivity index (χ2v) is 8.49. The molecule has 0 fully saturated rings. The lowest BCUT2D eigenvalue weighted by Crippen LogP contribution is -2.12. The number of esters is 1. The first-order valence-electron chi connectivity index (χ1n) is 10.3. The Morgan fingerprint density at radius 2 is 1.78 bits per heavy atom. The largest absolute Gasteiger partial charge is 0.506 e. The summed E-state index contributed by atoms with van der Waals surface area (Å²) in [6.45, 7) is 1.95. The van der Waals surface area contributed by atoms with E-state index in [0.717, 1.165) is 27.7 Å².